The highest BCUT2D eigenvalue weighted by atomic mass is 19.1. The molecule has 3 atom stereocenters. The summed E-state index contributed by atoms with van der Waals surface area (Å²) in [4.78, 5) is 43.2. The van der Waals surface area contributed by atoms with Crippen molar-refractivity contribution >= 4 is 17.8 Å². The number of hydrogen-bond donors (Lipinski definition) is 1. The molecule has 0 radical (unpaired) electrons. The largest absolute Gasteiger partial charge is 0.337 e. The number of benzene rings is 1. The zero-order valence-corrected chi connectivity index (χ0v) is 20.3. The third kappa shape index (κ3) is 5.46. The highest BCUT2D eigenvalue weighted by molar-refractivity contribution is 5.91. The lowest BCUT2D eigenvalue weighted by molar-refractivity contribution is -0.190. The van der Waals surface area contributed by atoms with Gasteiger partial charge in [0.15, 0.2) is 0 Å². The summed E-state index contributed by atoms with van der Waals surface area (Å²) in [5, 5.41) is 6.05. The van der Waals surface area contributed by atoms with E-state index in [0.29, 0.717) is 12.5 Å². The van der Waals surface area contributed by atoms with Crippen LogP contribution in [0, 0.1) is 17.7 Å². The molecular formula is C24H36FN5O3. The van der Waals surface area contributed by atoms with E-state index in [0.717, 1.165) is 18.4 Å². The summed E-state index contributed by atoms with van der Waals surface area (Å²) < 4.78 is 13.2. The van der Waals surface area contributed by atoms with Crippen LogP contribution < -0.4 is 5.32 Å². The minimum atomic E-state index is -0.588. The maximum atomic E-state index is 13.4. The molecular weight excluding hydrogens is 425 g/mol. The van der Waals surface area contributed by atoms with Gasteiger partial charge in [-0.3, -0.25) is 9.59 Å². The van der Waals surface area contributed by atoms with Crippen LogP contribution in [0.15, 0.2) is 24.3 Å². The number of amides is 4. The Morgan fingerprint density at radius 1 is 1.18 bits per heavy atom. The quantitative estimate of drug-likeness (QED) is 0.677. The number of nitrogens with one attached hydrogen (secondary N) is 1. The molecule has 2 heterocycles. The van der Waals surface area contributed by atoms with Crippen LogP contribution in [0.25, 0.3) is 0 Å². The van der Waals surface area contributed by atoms with Crippen molar-refractivity contribution in [2.45, 2.75) is 59.3 Å². The standard InChI is InChI=1S/C24H36FN5O3/c1-6-17(4)22-23(32)28(12-11-16(2)3)14-20-29(22)21(31)15-27(5)30(20)24(33)26-13-18-7-9-19(25)10-8-18/h7-10,16-17,20,22H,6,11-15H2,1-5H3,(H,26,33)/t17?,20-,22-/m0/s1. The molecule has 2 aliphatic heterocycles. The Morgan fingerprint density at radius 3 is 2.45 bits per heavy atom. The Morgan fingerprint density at radius 2 is 1.85 bits per heavy atom. The number of piperazine rings is 1. The van der Waals surface area contributed by atoms with Gasteiger partial charge in [-0.05, 0) is 36.0 Å². The van der Waals surface area contributed by atoms with Crippen LogP contribution in [0.3, 0.4) is 0 Å². The maximum Gasteiger partial charge on any atom is 0.334 e. The van der Waals surface area contributed by atoms with Crippen LogP contribution in [0.2, 0.25) is 0 Å². The SMILES string of the molecule is CCC(C)[C@H]1C(=O)N(CCC(C)C)C[C@H]2N1C(=O)CN(C)N2C(=O)NCc1ccc(F)cc1. The number of likely N-dealkylation sites (N-methyl/N-ethyl adjacent to an activating group) is 1. The minimum Gasteiger partial charge on any atom is -0.337 e. The van der Waals surface area contributed by atoms with E-state index in [1.807, 2.05) is 18.7 Å². The lowest BCUT2D eigenvalue weighted by Gasteiger charge is -2.55. The summed E-state index contributed by atoms with van der Waals surface area (Å²) in [5.74, 6) is -0.112. The second-order valence-electron chi connectivity index (χ2n) is 9.52. The monoisotopic (exact) mass is 461 g/mol. The Bertz CT molecular complexity index is 862. The predicted octanol–water partition coefficient (Wildman–Crippen LogP) is 2.66. The molecule has 1 N–H and O–H groups in total. The van der Waals surface area contributed by atoms with Crippen molar-refractivity contribution in [3.63, 3.8) is 0 Å². The molecule has 0 spiro atoms. The van der Waals surface area contributed by atoms with E-state index in [4.69, 9.17) is 0 Å². The molecule has 0 bridgehead atoms. The topological polar surface area (TPSA) is 76.2 Å². The van der Waals surface area contributed by atoms with Gasteiger partial charge in [0.2, 0.25) is 11.8 Å². The number of fused-ring (bicyclic) bond motifs is 1. The van der Waals surface area contributed by atoms with Crippen molar-refractivity contribution in [1.82, 2.24) is 25.1 Å². The van der Waals surface area contributed by atoms with Gasteiger partial charge >= 0.3 is 6.03 Å². The van der Waals surface area contributed by atoms with E-state index >= 15 is 0 Å². The van der Waals surface area contributed by atoms with Crippen LogP contribution in [-0.2, 0) is 16.1 Å². The van der Waals surface area contributed by atoms with Gasteiger partial charge in [-0.15, -0.1) is 0 Å². The van der Waals surface area contributed by atoms with Gasteiger partial charge in [-0.25, -0.2) is 19.2 Å². The first kappa shape index (κ1) is 25.0. The highest BCUT2D eigenvalue weighted by Gasteiger charge is 2.51. The first-order chi connectivity index (χ1) is 15.6. The second-order valence-corrected chi connectivity index (χ2v) is 9.52. The van der Waals surface area contributed by atoms with Crippen molar-refractivity contribution in [3.8, 4) is 0 Å². The lowest BCUT2D eigenvalue weighted by atomic mass is 9.92. The predicted molar refractivity (Wildman–Crippen MR) is 123 cm³/mol. The number of nitrogens with zero attached hydrogens (tertiary/aromatic N) is 4. The molecule has 182 valence electrons. The summed E-state index contributed by atoms with van der Waals surface area (Å²) >= 11 is 0. The number of urea groups is 1. The normalized spacial score (nSPS) is 22.6. The summed E-state index contributed by atoms with van der Waals surface area (Å²) in [7, 11) is 1.71. The molecule has 0 aromatic heterocycles. The zero-order chi connectivity index (χ0) is 24.3. The molecule has 33 heavy (non-hydrogen) atoms. The van der Waals surface area contributed by atoms with E-state index in [9.17, 15) is 18.8 Å². The molecule has 1 unspecified atom stereocenters. The van der Waals surface area contributed by atoms with Crippen LogP contribution in [-0.4, -0.2) is 76.6 Å². The average molecular weight is 462 g/mol. The van der Waals surface area contributed by atoms with E-state index in [1.165, 1.54) is 12.1 Å². The summed E-state index contributed by atoms with van der Waals surface area (Å²) in [6.07, 6.45) is 1.03. The summed E-state index contributed by atoms with van der Waals surface area (Å²) in [6.45, 7) is 9.33. The fraction of sp³-hybridized carbons (Fsp3) is 0.625. The molecule has 8 nitrogen and oxygen atoms in total. The van der Waals surface area contributed by atoms with E-state index in [2.05, 4.69) is 19.2 Å². The molecule has 2 aliphatic rings. The maximum absolute atomic E-state index is 13.4. The van der Waals surface area contributed by atoms with Crippen LogP contribution in [0.4, 0.5) is 9.18 Å². The number of carbonyl (C=O) groups is 3. The summed E-state index contributed by atoms with van der Waals surface area (Å²) in [5.41, 5.74) is 0.771. The number of rotatable bonds is 7. The molecule has 1 aromatic carbocycles. The number of carbonyl (C=O) groups excluding carboxylic acids is 3. The van der Waals surface area contributed by atoms with Crippen molar-refractivity contribution < 1.29 is 18.8 Å². The van der Waals surface area contributed by atoms with Gasteiger partial charge in [-0.1, -0.05) is 46.2 Å². The van der Waals surface area contributed by atoms with Crippen LogP contribution in [0.1, 0.15) is 46.1 Å². The molecule has 9 heteroatoms. The van der Waals surface area contributed by atoms with Crippen LogP contribution in [0.5, 0.6) is 0 Å². The molecule has 4 amide bonds. The molecule has 1 aromatic rings. The highest BCUT2D eigenvalue weighted by Crippen LogP contribution is 2.30. The molecule has 0 saturated carbocycles. The van der Waals surface area contributed by atoms with Crippen molar-refractivity contribution in [2.24, 2.45) is 11.8 Å². The van der Waals surface area contributed by atoms with Crippen LogP contribution >= 0.6 is 0 Å². The van der Waals surface area contributed by atoms with Crippen molar-refractivity contribution in [2.75, 3.05) is 26.7 Å². The van der Waals surface area contributed by atoms with Gasteiger partial charge < -0.3 is 15.1 Å². The lowest BCUT2D eigenvalue weighted by Crippen LogP contribution is -2.76. The third-order valence-electron chi connectivity index (χ3n) is 6.60. The van der Waals surface area contributed by atoms with E-state index < -0.39 is 12.2 Å². The molecule has 2 saturated heterocycles. The minimum absolute atomic E-state index is 0.0205. The number of hydrazine groups is 1. The molecule has 3 rings (SSSR count). The van der Waals surface area contributed by atoms with E-state index in [1.54, 1.807) is 34.1 Å². The number of halogens is 1. The van der Waals surface area contributed by atoms with E-state index in [-0.39, 0.29) is 49.2 Å². The third-order valence-corrected chi connectivity index (χ3v) is 6.60. The smallest absolute Gasteiger partial charge is 0.334 e. The second kappa shape index (κ2) is 10.5. The fourth-order valence-corrected chi connectivity index (χ4v) is 4.47. The fourth-order valence-electron chi connectivity index (χ4n) is 4.47. The molecule has 2 fully saturated rings. The average Bonchev–Trinajstić information content (AvgIpc) is 2.77. The zero-order valence-electron chi connectivity index (χ0n) is 20.3. The van der Waals surface area contributed by atoms with Gasteiger partial charge in [0.05, 0.1) is 13.1 Å². The van der Waals surface area contributed by atoms with Crippen molar-refractivity contribution in [3.05, 3.63) is 35.6 Å². The van der Waals surface area contributed by atoms with Crippen molar-refractivity contribution in [1.29, 1.82) is 0 Å². The summed E-state index contributed by atoms with van der Waals surface area (Å²) in [6, 6.07) is 5.00. The Kier molecular flexibility index (Phi) is 7.94. The number of hydrogen-bond acceptors (Lipinski definition) is 4. The first-order valence-corrected chi connectivity index (χ1v) is 11.8. The van der Waals surface area contributed by atoms with Gasteiger partial charge in [0.1, 0.15) is 18.0 Å². The molecule has 0 aliphatic carbocycles. The van der Waals surface area contributed by atoms with Gasteiger partial charge in [-0.2, -0.15) is 0 Å². The van der Waals surface area contributed by atoms with Gasteiger partial charge in [0, 0.05) is 20.1 Å². The Labute approximate surface area is 195 Å². The Hall–Kier alpha value is -2.68. The first-order valence-electron chi connectivity index (χ1n) is 11.8. The van der Waals surface area contributed by atoms with Gasteiger partial charge in [0.25, 0.3) is 0 Å². The Balaban J connectivity index is 1.85.